The SMILES string of the molecule is CC(=O)c1cn(CCN2CCOCC2)c2ccc(-c3cnc(C)cc3-c3nc(C(F)(F)F)cs3)cc2c1=O. The molecule has 0 spiro atoms. The van der Waals surface area contributed by atoms with Crippen LogP contribution in [0.15, 0.2) is 46.8 Å². The minimum absolute atomic E-state index is 0.0913. The third-order valence-electron chi connectivity index (χ3n) is 6.60. The third-order valence-corrected chi connectivity index (χ3v) is 7.47. The molecule has 3 aromatic heterocycles. The molecule has 1 saturated heterocycles. The number of halogens is 3. The maximum Gasteiger partial charge on any atom is 0.434 e. The molecule has 0 unspecified atom stereocenters. The van der Waals surface area contributed by atoms with Crippen molar-refractivity contribution in [2.24, 2.45) is 0 Å². The summed E-state index contributed by atoms with van der Waals surface area (Å²) in [5, 5.41) is 1.55. The second-order valence-corrected chi connectivity index (χ2v) is 10.1. The number of rotatable bonds is 6. The molecule has 7 nitrogen and oxygen atoms in total. The monoisotopic (exact) mass is 542 g/mol. The predicted octanol–water partition coefficient (Wildman–Crippen LogP) is 5.05. The first-order valence-corrected chi connectivity index (χ1v) is 13.0. The van der Waals surface area contributed by atoms with Gasteiger partial charge in [0.25, 0.3) is 0 Å². The van der Waals surface area contributed by atoms with E-state index in [1.165, 1.54) is 6.92 Å². The van der Waals surface area contributed by atoms with Crippen LogP contribution in [-0.2, 0) is 17.5 Å². The van der Waals surface area contributed by atoms with E-state index in [9.17, 15) is 22.8 Å². The zero-order valence-corrected chi connectivity index (χ0v) is 21.7. The Balaban J connectivity index is 1.60. The van der Waals surface area contributed by atoms with Crippen molar-refractivity contribution in [1.82, 2.24) is 19.4 Å². The number of Topliss-reactive ketones (excluding diaryl/α,β-unsaturated/α-hetero) is 1. The number of carbonyl (C=O) groups is 1. The van der Waals surface area contributed by atoms with Gasteiger partial charge in [0.05, 0.1) is 24.3 Å². The van der Waals surface area contributed by atoms with Crippen molar-refractivity contribution in [2.75, 3.05) is 32.8 Å². The molecule has 0 atom stereocenters. The van der Waals surface area contributed by atoms with Crippen molar-refractivity contribution in [3.63, 3.8) is 0 Å². The van der Waals surface area contributed by atoms with Gasteiger partial charge in [0.1, 0.15) is 5.01 Å². The highest BCUT2D eigenvalue weighted by Crippen LogP contribution is 2.38. The highest BCUT2D eigenvalue weighted by molar-refractivity contribution is 7.13. The second kappa shape index (κ2) is 10.4. The lowest BCUT2D eigenvalue weighted by atomic mass is 9.98. The number of nitrogens with zero attached hydrogens (tertiary/aromatic N) is 4. The Morgan fingerprint density at radius 1 is 1.13 bits per heavy atom. The number of hydrogen-bond donors (Lipinski definition) is 0. The van der Waals surface area contributed by atoms with E-state index < -0.39 is 11.9 Å². The Hall–Kier alpha value is -3.41. The number of hydrogen-bond acceptors (Lipinski definition) is 7. The lowest BCUT2D eigenvalue weighted by Gasteiger charge is -2.27. The molecule has 198 valence electrons. The number of pyridine rings is 2. The van der Waals surface area contributed by atoms with Crippen LogP contribution in [0, 0.1) is 6.92 Å². The number of fused-ring (bicyclic) bond motifs is 1. The summed E-state index contributed by atoms with van der Waals surface area (Å²) in [5.41, 5.74) is 1.69. The first-order chi connectivity index (χ1) is 18.1. The third kappa shape index (κ3) is 5.27. The van der Waals surface area contributed by atoms with Crippen LogP contribution < -0.4 is 5.43 Å². The van der Waals surface area contributed by atoms with Gasteiger partial charge in [0.15, 0.2) is 16.9 Å². The van der Waals surface area contributed by atoms with Crippen molar-refractivity contribution < 1.29 is 22.7 Å². The minimum atomic E-state index is -4.55. The number of ketones is 1. The van der Waals surface area contributed by atoms with E-state index in [2.05, 4.69) is 14.9 Å². The molecular formula is C27H25F3N4O3S. The highest BCUT2D eigenvalue weighted by Gasteiger charge is 2.34. The molecule has 4 heterocycles. The average molecular weight is 543 g/mol. The standard InChI is InChI=1S/C27H25F3N4O3S/c1-16-11-19(26-32-24(15-38-26)27(28,29)30)21(13-31-16)18-3-4-23-20(12-18)25(36)22(17(2)35)14-34(23)6-5-33-7-9-37-10-8-33/h3-4,11-15H,5-10H2,1-2H3. The quantitative estimate of drug-likeness (QED) is 0.318. The van der Waals surface area contributed by atoms with Gasteiger partial charge in [-0.3, -0.25) is 19.5 Å². The van der Waals surface area contributed by atoms with Crippen molar-refractivity contribution in [3.8, 4) is 21.7 Å². The van der Waals surface area contributed by atoms with Gasteiger partial charge in [-0.25, -0.2) is 4.98 Å². The van der Waals surface area contributed by atoms with E-state index in [-0.39, 0.29) is 21.8 Å². The van der Waals surface area contributed by atoms with Crippen molar-refractivity contribution >= 4 is 28.0 Å². The highest BCUT2D eigenvalue weighted by atomic mass is 32.1. The fourth-order valence-corrected chi connectivity index (χ4v) is 5.43. The van der Waals surface area contributed by atoms with Gasteiger partial charge < -0.3 is 9.30 Å². The van der Waals surface area contributed by atoms with Crippen LogP contribution in [0.4, 0.5) is 13.2 Å². The fourth-order valence-electron chi connectivity index (χ4n) is 4.57. The molecule has 0 saturated carbocycles. The van der Waals surface area contributed by atoms with Gasteiger partial charge in [-0.05, 0) is 37.6 Å². The van der Waals surface area contributed by atoms with E-state index in [4.69, 9.17) is 4.74 Å². The number of alkyl halides is 3. The Labute approximate surface area is 220 Å². The molecule has 5 rings (SSSR count). The molecule has 1 aromatic carbocycles. The zero-order chi connectivity index (χ0) is 27.0. The van der Waals surface area contributed by atoms with Gasteiger partial charge in [-0.1, -0.05) is 6.07 Å². The number of carbonyl (C=O) groups excluding carboxylic acids is 1. The van der Waals surface area contributed by atoms with E-state index in [1.54, 1.807) is 31.5 Å². The second-order valence-electron chi connectivity index (χ2n) is 9.21. The van der Waals surface area contributed by atoms with Crippen LogP contribution >= 0.6 is 11.3 Å². The summed E-state index contributed by atoms with van der Waals surface area (Å²) in [6.07, 6.45) is -1.36. The van der Waals surface area contributed by atoms with Gasteiger partial charge in [-0.2, -0.15) is 13.2 Å². The van der Waals surface area contributed by atoms with E-state index in [0.717, 1.165) is 36.4 Å². The van der Waals surface area contributed by atoms with Crippen LogP contribution in [-0.4, -0.2) is 58.1 Å². The minimum Gasteiger partial charge on any atom is -0.379 e. The van der Waals surface area contributed by atoms with Crippen molar-refractivity contribution in [2.45, 2.75) is 26.6 Å². The zero-order valence-electron chi connectivity index (χ0n) is 20.8. The number of aromatic nitrogens is 3. The van der Waals surface area contributed by atoms with E-state index in [1.807, 2.05) is 16.7 Å². The molecule has 0 radical (unpaired) electrons. The predicted molar refractivity (Wildman–Crippen MR) is 140 cm³/mol. The molecule has 0 bridgehead atoms. The Bertz CT molecular complexity index is 1570. The summed E-state index contributed by atoms with van der Waals surface area (Å²) in [4.78, 5) is 36.1. The van der Waals surface area contributed by atoms with Gasteiger partial charge in [0, 0.05) is 66.2 Å². The summed E-state index contributed by atoms with van der Waals surface area (Å²) < 4.78 is 47.0. The molecule has 1 aliphatic heterocycles. The van der Waals surface area contributed by atoms with Crippen LogP contribution in [0.5, 0.6) is 0 Å². The summed E-state index contributed by atoms with van der Waals surface area (Å²) in [6.45, 7) is 7.40. The normalized spacial score (nSPS) is 14.8. The van der Waals surface area contributed by atoms with Crippen molar-refractivity contribution in [1.29, 1.82) is 0 Å². The summed E-state index contributed by atoms with van der Waals surface area (Å²) in [7, 11) is 0. The molecular weight excluding hydrogens is 517 g/mol. The van der Waals surface area contributed by atoms with Gasteiger partial charge in [-0.15, -0.1) is 11.3 Å². The number of benzene rings is 1. The van der Waals surface area contributed by atoms with Crippen LogP contribution in [0.1, 0.15) is 28.7 Å². The van der Waals surface area contributed by atoms with Crippen LogP contribution in [0.2, 0.25) is 0 Å². The van der Waals surface area contributed by atoms with Gasteiger partial charge >= 0.3 is 6.18 Å². The van der Waals surface area contributed by atoms with Crippen LogP contribution in [0.3, 0.4) is 0 Å². The molecule has 1 aliphatic rings. The van der Waals surface area contributed by atoms with E-state index >= 15 is 0 Å². The summed E-state index contributed by atoms with van der Waals surface area (Å²) >= 11 is 0.900. The smallest absolute Gasteiger partial charge is 0.379 e. The van der Waals surface area contributed by atoms with Crippen molar-refractivity contribution in [3.05, 3.63) is 69.2 Å². The molecule has 0 N–H and O–H groups in total. The summed E-state index contributed by atoms with van der Waals surface area (Å²) in [5.74, 6) is -0.331. The van der Waals surface area contributed by atoms with Gasteiger partial charge in [0.2, 0.25) is 0 Å². The summed E-state index contributed by atoms with van der Waals surface area (Å²) in [6, 6.07) is 6.99. The maximum absolute atomic E-state index is 13.3. The lowest BCUT2D eigenvalue weighted by Crippen LogP contribution is -2.38. The molecule has 1 fully saturated rings. The number of ether oxygens (including phenoxy) is 1. The molecule has 0 amide bonds. The first kappa shape index (κ1) is 26.2. The molecule has 11 heteroatoms. The van der Waals surface area contributed by atoms with Crippen LogP contribution in [0.25, 0.3) is 32.6 Å². The molecule has 0 aliphatic carbocycles. The number of aryl methyl sites for hydroxylation is 1. The largest absolute Gasteiger partial charge is 0.434 e. The Morgan fingerprint density at radius 2 is 1.89 bits per heavy atom. The lowest BCUT2D eigenvalue weighted by molar-refractivity contribution is -0.140. The Kier molecular flexibility index (Phi) is 7.17. The number of thiazole rings is 1. The Morgan fingerprint density at radius 3 is 2.58 bits per heavy atom. The maximum atomic E-state index is 13.3. The first-order valence-electron chi connectivity index (χ1n) is 12.1. The molecule has 4 aromatic rings. The fraction of sp³-hybridized carbons (Fsp3) is 0.333. The van der Waals surface area contributed by atoms with E-state index in [0.29, 0.717) is 53.0 Å². The topological polar surface area (TPSA) is 77.3 Å². The number of morpholine rings is 1. The average Bonchev–Trinajstić information content (AvgIpc) is 3.40. The molecule has 38 heavy (non-hydrogen) atoms.